The maximum Gasteiger partial charge on any atom is 0.514 e. The molecule has 0 N–H and O–H groups in total. The molecule has 0 amide bonds. The molecule has 0 spiro atoms. The number of hydrogen-bond acceptors (Lipinski definition) is 6. The fraction of sp³-hybridized carbons (Fsp3) is 0.729. The zero-order valence-electron chi connectivity index (χ0n) is 37.3. The van der Waals surface area contributed by atoms with Crippen LogP contribution in [0.25, 0.3) is 0 Å². The number of rotatable bonds is 10. The lowest BCUT2D eigenvalue weighted by atomic mass is 9.74. The van der Waals surface area contributed by atoms with E-state index in [0.29, 0.717) is 28.6 Å². The fourth-order valence-electron chi connectivity index (χ4n) is 11.2. The lowest BCUT2D eigenvalue weighted by molar-refractivity contribution is 0.0199. The van der Waals surface area contributed by atoms with Gasteiger partial charge in [-0.25, -0.2) is 4.79 Å². The molecule has 0 aromatic heterocycles. The topological polar surface area (TPSA) is 51.2 Å². The van der Waals surface area contributed by atoms with Gasteiger partial charge in [-0.1, -0.05) is 79.7 Å². The SMILES string of the molecule is CCCN1CCC[C@@H]2Cc3c(ccc(C)c3OC(=O)OC(C)(C)C)C[C@H]21.CCCN1CCC[C@@H]2Cc3c(ccc(C)c3O[Si](C(C)C)(C(C)C)C(C)C)C[C@H]21. The van der Waals surface area contributed by atoms with E-state index in [1.54, 1.807) is 11.1 Å². The van der Waals surface area contributed by atoms with Crippen molar-refractivity contribution in [3.05, 3.63) is 57.6 Å². The first-order chi connectivity index (χ1) is 26.0. The third-order valence-electron chi connectivity index (χ3n) is 13.5. The molecule has 0 unspecified atom stereocenters. The summed E-state index contributed by atoms with van der Waals surface area (Å²) in [5.74, 6) is 3.46. The maximum absolute atomic E-state index is 12.2. The molecule has 2 heterocycles. The molecule has 6 rings (SSSR count). The molecule has 4 atom stereocenters. The smallest absolute Gasteiger partial charge is 0.514 e. The minimum Gasteiger partial charge on any atom is -0.542 e. The predicted molar refractivity (Wildman–Crippen MR) is 232 cm³/mol. The van der Waals surface area contributed by atoms with Crippen molar-refractivity contribution in [1.82, 2.24) is 9.80 Å². The Bertz CT molecular complexity index is 1570. The molecule has 2 aromatic rings. The lowest BCUT2D eigenvalue weighted by Crippen LogP contribution is -2.52. The third kappa shape index (κ3) is 9.86. The van der Waals surface area contributed by atoms with E-state index >= 15 is 0 Å². The molecule has 0 radical (unpaired) electrons. The maximum atomic E-state index is 12.2. The Balaban J connectivity index is 0.000000212. The molecule has 2 saturated heterocycles. The molecule has 2 aliphatic carbocycles. The van der Waals surface area contributed by atoms with E-state index in [-0.39, 0.29) is 0 Å². The number of piperidine rings is 2. The van der Waals surface area contributed by atoms with Crippen LogP contribution in [0.2, 0.25) is 16.6 Å². The molecule has 55 heavy (non-hydrogen) atoms. The molecular formula is C48H78N2O4Si. The van der Waals surface area contributed by atoms with E-state index in [0.717, 1.165) is 36.1 Å². The summed E-state index contributed by atoms with van der Waals surface area (Å²) in [5.41, 5.74) is 9.33. The van der Waals surface area contributed by atoms with Gasteiger partial charge in [-0.15, -0.1) is 0 Å². The van der Waals surface area contributed by atoms with Gasteiger partial charge < -0.3 is 13.9 Å². The highest BCUT2D eigenvalue weighted by Gasteiger charge is 2.48. The Morgan fingerprint density at radius 1 is 0.709 bits per heavy atom. The highest BCUT2D eigenvalue weighted by molar-refractivity contribution is 6.78. The second-order valence-corrected chi connectivity index (χ2v) is 24.9. The van der Waals surface area contributed by atoms with Gasteiger partial charge in [-0.3, -0.25) is 9.80 Å². The summed E-state index contributed by atoms with van der Waals surface area (Å²) in [4.78, 5) is 17.7. The molecule has 0 bridgehead atoms. The first-order valence-electron chi connectivity index (χ1n) is 22.3. The van der Waals surface area contributed by atoms with Crippen LogP contribution in [0.5, 0.6) is 11.5 Å². The largest absolute Gasteiger partial charge is 0.542 e. The summed E-state index contributed by atoms with van der Waals surface area (Å²) < 4.78 is 18.4. The summed E-state index contributed by atoms with van der Waals surface area (Å²) in [6.45, 7) is 33.8. The Morgan fingerprint density at radius 2 is 1.15 bits per heavy atom. The quantitative estimate of drug-likeness (QED) is 0.136. The summed E-state index contributed by atoms with van der Waals surface area (Å²) in [6.07, 6.45) is 11.7. The van der Waals surface area contributed by atoms with Crippen LogP contribution in [0.1, 0.15) is 148 Å². The minimum absolute atomic E-state index is 0.547. The van der Waals surface area contributed by atoms with Crippen LogP contribution < -0.4 is 9.16 Å². The van der Waals surface area contributed by atoms with Crippen LogP contribution in [0.15, 0.2) is 24.3 Å². The van der Waals surface area contributed by atoms with Gasteiger partial charge in [0, 0.05) is 12.1 Å². The van der Waals surface area contributed by atoms with E-state index in [9.17, 15) is 4.79 Å². The standard InChI is InChI=1S/C26H45NOSi.C22H33NO3/c1-9-14-27-15-10-11-23-16-24-22(17-25(23)27)13-12-21(8)26(24)28-29(18(2)3,19(4)5)20(6)7;1-6-11-23-12-7-8-17-13-18-16(14-19(17)23)10-9-15(2)20(18)25-21(24)26-22(3,4)5/h12-13,18-20,23,25H,9-11,14-17H2,1-8H3;9-10,17,19H,6-8,11-14H2,1-5H3/t23-,25-;17-,19-/m11/s1. The Labute approximate surface area is 337 Å². The monoisotopic (exact) mass is 775 g/mol. The van der Waals surface area contributed by atoms with Crippen molar-refractivity contribution in [2.45, 2.75) is 189 Å². The summed E-state index contributed by atoms with van der Waals surface area (Å²) in [5, 5.41) is 0. The molecule has 2 aliphatic heterocycles. The number of likely N-dealkylation sites (tertiary alicyclic amines) is 2. The average Bonchev–Trinajstić information content (AvgIpc) is 3.11. The normalized spacial score (nSPS) is 23.0. The van der Waals surface area contributed by atoms with E-state index in [1.807, 2.05) is 27.7 Å². The molecular weight excluding hydrogens is 697 g/mol. The summed E-state index contributed by atoms with van der Waals surface area (Å²) in [6, 6.07) is 10.4. The average molecular weight is 775 g/mol. The van der Waals surface area contributed by atoms with Gasteiger partial charge in [-0.2, -0.15) is 0 Å². The van der Waals surface area contributed by atoms with Gasteiger partial charge in [0.2, 0.25) is 0 Å². The number of ether oxygens (including phenoxy) is 2. The van der Waals surface area contributed by atoms with Crippen molar-refractivity contribution < 1.29 is 18.7 Å². The second-order valence-electron chi connectivity index (χ2n) is 19.5. The van der Waals surface area contributed by atoms with Crippen LogP contribution in [0, 0.1) is 25.7 Å². The van der Waals surface area contributed by atoms with E-state index < -0.39 is 20.1 Å². The number of carbonyl (C=O) groups excluding carboxylic acids is 1. The minimum atomic E-state index is -1.94. The van der Waals surface area contributed by atoms with E-state index in [4.69, 9.17) is 13.9 Å². The number of benzene rings is 2. The second kappa shape index (κ2) is 18.5. The van der Waals surface area contributed by atoms with Crippen molar-refractivity contribution in [2.75, 3.05) is 26.2 Å². The van der Waals surface area contributed by atoms with Gasteiger partial charge in [0.15, 0.2) is 0 Å². The molecule has 0 saturated carbocycles. The first-order valence-corrected chi connectivity index (χ1v) is 24.4. The van der Waals surface area contributed by atoms with Gasteiger partial charge in [0.05, 0.1) is 0 Å². The highest BCUT2D eigenvalue weighted by Crippen LogP contribution is 2.47. The number of fused-ring (bicyclic) bond motifs is 4. The number of hydrogen-bond donors (Lipinski definition) is 0. The molecule has 2 fully saturated rings. The van der Waals surface area contributed by atoms with Crippen LogP contribution in [0.3, 0.4) is 0 Å². The molecule has 308 valence electrons. The first kappa shape index (κ1) is 43.8. The Kier molecular flexibility index (Phi) is 14.7. The van der Waals surface area contributed by atoms with Gasteiger partial charge in [0.25, 0.3) is 8.32 Å². The zero-order chi connectivity index (χ0) is 40.2. The van der Waals surface area contributed by atoms with Gasteiger partial charge >= 0.3 is 6.16 Å². The zero-order valence-corrected chi connectivity index (χ0v) is 38.3. The van der Waals surface area contributed by atoms with E-state index in [2.05, 4.69) is 96.4 Å². The molecule has 4 aliphatic rings. The van der Waals surface area contributed by atoms with Gasteiger partial charge in [0.1, 0.15) is 17.1 Å². The number of carbonyl (C=O) groups is 1. The van der Waals surface area contributed by atoms with Crippen LogP contribution >= 0.6 is 0 Å². The Hall–Kier alpha value is -2.35. The van der Waals surface area contributed by atoms with Gasteiger partial charge in [-0.05, 0) is 187 Å². The Morgan fingerprint density at radius 3 is 1.56 bits per heavy atom. The number of aryl methyl sites for hydroxylation is 2. The van der Waals surface area contributed by atoms with Crippen LogP contribution in [-0.4, -0.2) is 68.1 Å². The van der Waals surface area contributed by atoms with Crippen LogP contribution in [-0.2, 0) is 30.4 Å². The van der Waals surface area contributed by atoms with Crippen molar-refractivity contribution in [2.24, 2.45) is 11.8 Å². The van der Waals surface area contributed by atoms with Crippen LogP contribution in [0.4, 0.5) is 4.79 Å². The summed E-state index contributed by atoms with van der Waals surface area (Å²) >= 11 is 0. The summed E-state index contributed by atoms with van der Waals surface area (Å²) in [7, 11) is -1.94. The van der Waals surface area contributed by atoms with E-state index in [1.165, 1.54) is 100.0 Å². The predicted octanol–water partition coefficient (Wildman–Crippen LogP) is 12.0. The van der Waals surface area contributed by atoms with Crippen molar-refractivity contribution in [3.63, 3.8) is 0 Å². The van der Waals surface area contributed by atoms with Crippen molar-refractivity contribution >= 4 is 14.5 Å². The van der Waals surface area contributed by atoms with Crippen molar-refractivity contribution in [1.29, 1.82) is 0 Å². The molecule has 7 heteroatoms. The molecule has 2 aromatic carbocycles. The van der Waals surface area contributed by atoms with Crippen molar-refractivity contribution in [3.8, 4) is 11.5 Å². The molecule has 6 nitrogen and oxygen atoms in total. The lowest BCUT2D eigenvalue weighted by Gasteiger charge is -2.47. The highest BCUT2D eigenvalue weighted by atomic mass is 28.4. The third-order valence-corrected chi connectivity index (χ3v) is 19.5. The number of nitrogens with zero attached hydrogens (tertiary/aromatic N) is 2. The fourth-order valence-corrected chi connectivity index (χ4v) is 16.5.